The predicted molar refractivity (Wildman–Crippen MR) is 75.7 cm³/mol. The van der Waals surface area contributed by atoms with E-state index in [1.807, 2.05) is 6.07 Å². The molecule has 1 aliphatic rings. The van der Waals surface area contributed by atoms with Crippen molar-refractivity contribution in [2.24, 2.45) is 5.92 Å². The standard InChI is InChI=1S/C14H17ClO2S/c15-13-7-6-11(8-12(13)14(16)17)18-9-10-4-2-1-3-5-10/h6-8,10H,1-5,9H2,(H,16,17). The van der Waals surface area contributed by atoms with Crippen LogP contribution in [0, 0.1) is 5.92 Å². The van der Waals surface area contributed by atoms with Crippen LogP contribution in [-0.2, 0) is 0 Å². The van der Waals surface area contributed by atoms with Crippen molar-refractivity contribution in [1.82, 2.24) is 0 Å². The van der Waals surface area contributed by atoms with Crippen LogP contribution in [0.25, 0.3) is 0 Å². The Bertz CT molecular complexity index is 428. The van der Waals surface area contributed by atoms with Crippen molar-refractivity contribution in [3.63, 3.8) is 0 Å². The van der Waals surface area contributed by atoms with Crippen LogP contribution < -0.4 is 0 Å². The molecule has 1 N–H and O–H groups in total. The lowest BCUT2D eigenvalue weighted by Crippen LogP contribution is -2.08. The summed E-state index contributed by atoms with van der Waals surface area (Å²) in [5.41, 5.74) is 0.199. The minimum Gasteiger partial charge on any atom is -0.478 e. The van der Waals surface area contributed by atoms with Crippen LogP contribution in [-0.4, -0.2) is 16.8 Å². The average molecular weight is 285 g/mol. The van der Waals surface area contributed by atoms with Crippen molar-refractivity contribution >= 4 is 29.3 Å². The van der Waals surface area contributed by atoms with Gasteiger partial charge in [0.2, 0.25) is 0 Å². The van der Waals surface area contributed by atoms with Gasteiger partial charge in [-0.05, 0) is 37.0 Å². The number of hydrogen-bond donors (Lipinski definition) is 1. The number of benzene rings is 1. The molecule has 0 saturated heterocycles. The highest BCUT2D eigenvalue weighted by Crippen LogP contribution is 2.31. The summed E-state index contributed by atoms with van der Waals surface area (Å²) in [6.07, 6.45) is 6.67. The summed E-state index contributed by atoms with van der Waals surface area (Å²) < 4.78 is 0. The van der Waals surface area contributed by atoms with Crippen LogP contribution in [0.2, 0.25) is 5.02 Å². The van der Waals surface area contributed by atoms with Crippen LogP contribution >= 0.6 is 23.4 Å². The third-order valence-corrected chi connectivity index (χ3v) is 4.93. The monoisotopic (exact) mass is 284 g/mol. The Kier molecular flexibility index (Phi) is 4.95. The molecule has 1 aromatic rings. The summed E-state index contributed by atoms with van der Waals surface area (Å²) >= 11 is 7.60. The first-order valence-electron chi connectivity index (χ1n) is 6.32. The zero-order chi connectivity index (χ0) is 13.0. The smallest absolute Gasteiger partial charge is 0.337 e. The third kappa shape index (κ3) is 3.66. The van der Waals surface area contributed by atoms with Gasteiger partial charge in [-0.2, -0.15) is 0 Å². The Morgan fingerprint density at radius 2 is 2.06 bits per heavy atom. The summed E-state index contributed by atoms with van der Waals surface area (Å²) in [5, 5.41) is 9.32. The molecule has 18 heavy (non-hydrogen) atoms. The minimum absolute atomic E-state index is 0.199. The minimum atomic E-state index is -0.958. The second-order valence-corrected chi connectivity index (χ2v) is 6.26. The largest absolute Gasteiger partial charge is 0.478 e. The van der Waals surface area contributed by atoms with E-state index in [0.717, 1.165) is 16.6 Å². The predicted octanol–water partition coefficient (Wildman–Crippen LogP) is 4.71. The molecule has 0 atom stereocenters. The van der Waals surface area contributed by atoms with Gasteiger partial charge in [0.05, 0.1) is 10.6 Å². The fourth-order valence-corrected chi connectivity index (χ4v) is 3.65. The quantitative estimate of drug-likeness (QED) is 0.814. The van der Waals surface area contributed by atoms with E-state index >= 15 is 0 Å². The van der Waals surface area contributed by atoms with Crippen LogP contribution in [0.5, 0.6) is 0 Å². The molecule has 0 unspecified atom stereocenters. The van der Waals surface area contributed by atoms with Gasteiger partial charge in [-0.15, -0.1) is 11.8 Å². The Balaban J connectivity index is 1.96. The lowest BCUT2D eigenvalue weighted by Gasteiger charge is -2.20. The first-order valence-corrected chi connectivity index (χ1v) is 7.69. The van der Waals surface area contributed by atoms with Crippen molar-refractivity contribution in [3.05, 3.63) is 28.8 Å². The van der Waals surface area contributed by atoms with Crippen molar-refractivity contribution in [3.8, 4) is 0 Å². The number of carboxylic acid groups (broad SMARTS) is 1. The molecular weight excluding hydrogens is 268 g/mol. The maximum atomic E-state index is 11.0. The van der Waals surface area contributed by atoms with Gasteiger partial charge >= 0.3 is 5.97 Å². The number of thioether (sulfide) groups is 1. The van der Waals surface area contributed by atoms with Crippen molar-refractivity contribution in [2.75, 3.05) is 5.75 Å². The fourth-order valence-electron chi connectivity index (χ4n) is 2.33. The van der Waals surface area contributed by atoms with Crippen molar-refractivity contribution in [2.45, 2.75) is 37.0 Å². The zero-order valence-corrected chi connectivity index (χ0v) is 11.8. The van der Waals surface area contributed by atoms with Gasteiger partial charge in [-0.25, -0.2) is 4.79 Å². The molecule has 0 amide bonds. The Labute approximate surface area is 117 Å². The first-order chi connectivity index (χ1) is 8.66. The molecule has 2 nitrogen and oxygen atoms in total. The molecule has 0 heterocycles. The van der Waals surface area contributed by atoms with E-state index in [1.54, 1.807) is 23.9 Å². The van der Waals surface area contributed by atoms with Crippen molar-refractivity contribution < 1.29 is 9.90 Å². The average Bonchev–Trinajstić information content (AvgIpc) is 2.38. The molecule has 0 aromatic heterocycles. The summed E-state index contributed by atoms with van der Waals surface area (Å²) in [6.45, 7) is 0. The molecule has 1 saturated carbocycles. The highest BCUT2D eigenvalue weighted by molar-refractivity contribution is 7.99. The third-order valence-electron chi connectivity index (χ3n) is 3.38. The van der Waals surface area contributed by atoms with Gasteiger partial charge < -0.3 is 5.11 Å². The second kappa shape index (κ2) is 6.48. The summed E-state index contributed by atoms with van der Waals surface area (Å²) in [5.74, 6) is 0.911. The van der Waals surface area contributed by atoms with Gasteiger partial charge in [0.15, 0.2) is 0 Å². The molecule has 2 rings (SSSR count). The van der Waals surface area contributed by atoms with E-state index in [0.29, 0.717) is 5.02 Å². The lowest BCUT2D eigenvalue weighted by molar-refractivity contribution is 0.0697. The summed E-state index contributed by atoms with van der Waals surface area (Å²) in [7, 11) is 0. The van der Waals surface area contributed by atoms with Gasteiger partial charge in [0.1, 0.15) is 0 Å². The fraction of sp³-hybridized carbons (Fsp3) is 0.500. The highest BCUT2D eigenvalue weighted by atomic mass is 35.5. The maximum absolute atomic E-state index is 11.0. The van der Waals surface area contributed by atoms with E-state index in [2.05, 4.69) is 0 Å². The topological polar surface area (TPSA) is 37.3 Å². The van der Waals surface area contributed by atoms with E-state index in [-0.39, 0.29) is 5.56 Å². The Morgan fingerprint density at radius 1 is 1.33 bits per heavy atom. The van der Waals surface area contributed by atoms with Crippen LogP contribution in [0.15, 0.2) is 23.1 Å². The number of carboxylic acids is 1. The summed E-state index contributed by atoms with van der Waals surface area (Å²) in [6, 6.07) is 5.26. The zero-order valence-electron chi connectivity index (χ0n) is 10.2. The molecule has 0 bridgehead atoms. The Morgan fingerprint density at radius 3 is 2.72 bits per heavy atom. The van der Waals surface area contributed by atoms with E-state index in [1.165, 1.54) is 32.1 Å². The number of aromatic carboxylic acids is 1. The molecule has 1 aromatic carbocycles. The van der Waals surface area contributed by atoms with Crippen LogP contribution in [0.4, 0.5) is 0 Å². The highest BCUT2D eigenvalue weighted by Gasteiger charge is 2.14. The van der Waals surface area contributed by atoms with Gasteiger partial charge in [-0.3, -0.25) is 0 Å². The lowest BCUT2D eigenvalue weighted by atomic mass is 9.91. The van der Waals surface area contributed by atoms with E-state index < -0.39 is 5.97 Å². The number of halogens is 1. The maximum Gasteiger partial charge on any atom is 0.337 e. The van der Waals surface area contributed by atoms with Crippen LogP contribution in [0.3, 0.4) is 0 Å². The molecule has 1 fully saturated rings. The molecule has 1 aliphatic carbocycles. The van der Waals surface area contributed by atoms with Gasteiger partial charge in [0.25, 0.3) is 0 Å². The summed E-state index contributed by atoms with van der Waals surface area (Å²) in [4.78, 5) is 12.0. The second-order valence-electron chi connectivity index (χ2n) is 4.76. The van der Waals surface area contributed by atoms with Crippen molar-refractivity contribution in [1.29, 1.82) is 0 Å². The van der Waals surface area contributed by atoms with Crippen LogP contribution in [0.1, 0.15) is 42.5 Å². The van der Waals surface area contributed by atoms with Gasteiger partial charge in [0, 0.05) is 10.6 Å². The molecular formula is C14H17ClO2S. The number of rotatable bonds is 4. The molecule has 0 radical (unpaired) electrons. The molecule has 98 valence electrons. The normalized spacial score (nSPS) is 16.7. The van der Waals surface area contributed by atoms with E-state index in [4.69, 9.17) is 16.7 Å². The number of hydrogen-bond acceptors (Lipinski definition) is 2. The first kappa shape index (κ1) is 13.8. The SMILES string of the molecule is O=C(O)c1cc(SCC2CCCCC2)ccc1Cl. The number of carbonyl (C=O) groups is 1. The molecule has 4 heteroatoms. The van der Waals surface area contributed by atoms with Gasteiger partial charge in [-0.1, -0.05) is 30.9 Å². The molecule has 0 spiro atoms. The molecule has 0 aliphatic heterocycles. The Hall–Kier alpha value is -0.670. The van der Waals surface area contributed by atoms with E-state index in [9.17, 15) is 4.79 Å².